The molecule has 13 heavy (non-hydrogen) atoms. The van der Waals surface area contributed by atoms with Gasteiger partial charge < -0.3 is 15.3 Å². The molecule has 3 heteroatoms. The van der Waals surface area contributed by atoms with Gasteiger partial charge in [0.25, 0.3) is 0 Å². The number of aliphatic hydroxyl groups is 1. The summed E-state index contributed by atoms with van der Waals surface area (Å²) in [6.45, 7) is 3.95. The Bertz CT molecular complexity index is 257. The van der Waals surface area contributed by atoms with Gasteiger partial charge in [-0.15, -0.1) is 0 Å². The smallest absolute Gasteiger partial charge is 0.136 e. The molecule has 1 aromatic rings. The van der Waals surface area contributed by atoms with Gasteiger partial charge in [-0.05, 0) is 25.0 Å². The Balaban J connectivity index is 2.67. The lowest BCUT2D eigenvalue weighted by atomic mass is 10.0. The minimum atomic E-state index is -0.671. The Morgan fingerprint density at radius 3 is 2.77 bits per heavy atom. The van der Waals surface area contributed by atoms with E-state index in [9.17, 15) is 5.11 Å². The summed E-state index contributed by atoms with van der Waals surface area (Å²) < 4.78 is 5.16. The van der Waals surface area contributed by atoms with Crippen LogP contribution in [-0.4, -0.2) is 11.1 Å². The van der Waals surface area contributed by atoms with Crippen LogP contribution in [0.3, 0.4) is 0 Å². The van der Waals surface area contributed by atoms with Crippen LogP contribution >= 0.6 is 0 Å². The molecule has 1 rings (SSSR count). The van der Waals surface area contributed by atoms with E-state index < -0.39 is 6.10 Å². The SMILES string of the molecule is CCCC(N)C(O)c1occc1C. The van der Waals surface area contributed by atoms with E-state index in [1.54, 1.807) is 6.26 Å². The molecule has 2 unspecified atom stereocenters. The number of hydrogen-bond donors (Lipinski definition) is 2. The van der Waals surface area contributed by atoms with Crippen molar-refractivity contribution in [2.45, 2.75) is 38.8 Å². The van der Waals surface area contributed by atoms with E-state index in [1.807, 2.05) is 19.9 Å². The lowest BCUT2D eigenvalue weighted by Crippen LogP contribution is -2.28. The molecule has 0 aliphatic carbocycles. The fourth-order valence-electron chi connectivity index (χ4n) is 1.37. The first-order chi connectivity index (χ1) is 6.16. The van der Waals surface area contributed by atoms with Gasteiger partial charge in [0, 0.05) is 6.04 Å². The minimum absolute atomic E-state index is 0.227. The molecule has 3 nitrogen and oxygen atoms in total. The van der Waals surface area contributed by atoms with Crippen LogP contribution in [0.25, 0.3) is 0 Å². The van der Waals surface area contributed by atoms with Crippen molar-refractivity contribution in [1.29, 1.82) is 0 Å². The van der Waals surface area contributed by atoms with Crippen molar-refractivity contribution < 1.29 is 9.52 Å². The molecular formula is C10H17NO2. The van der Waals surface area contributed by atoms with Gasteiger partial charge in [0.1, 0.15) is 11.9 Å². The average molecular weight is 183 g/mol. The van der Waals surface area contributed by atoms with Gasteiger partial charge >= 0.3 is 0 Å². The summed E-state index contributed by atoms with van der Waals surface area (Å²) in [7, 11) is 0. The second-order valence-corrected chi connectivity index (χ2v) is 3.37. The number of furan rings is 1. The van der Waals surface area contributed by atoms with E-state index in [4.69, 9.17) is 10.2 Å². The van der Waals surface area contributed by atoms with Crippen LogP contribution in [-0.2, 0) is 0 Å². The van der Waals surface area contributed by atoms with Crippen molar-refractivity contribution >= 4 is 0 Å². The second kappa shape index (κ2) is 4.44. The van der Waals surface area contributed by atoms with Gasteiger partial charge in [-0.25, -0.2) is 0 Å². The first-order valence-corrected chi connectivity index (χ1v) is 4.64. The highest BCUT2D eigenvalue weighted by atomic mass is 16.4. The van der Waals surface area contributed by atoms with Crippen molar-refractivity contribution in [3.63, 3.8) is 0 Å². The van der Waals surface area contributed by atoms with Crippen LogP contribution in [0.15, 0.2) is 16.7 Å². The molecule has 3 N–H and O–H groups in total. The molecule has 0 amide bonds. The van der Waals surface area contributed by atoms with Crippen molar-refractivity contribution in [2.75, 3.05) is 0 Å². The van der Waals surface area contributed by atoms with Crippen LogP contribution < -0.4 is 5.73 Å². The van der Waals surface area contributed by atoms with Gasteiger partial charge in [0.2, 0.25) is 0 Å². The molecule has 0 saturated carbocycles. The minimum Gasteiger partial charge on any atom is -0.466 e. The van der Waals surface area contributed by atoms with Crippen molar-refractivity contribution in [1.82, 2.24) is 0 Å². The molecule has 2 atom stereocenters. The molecule has 0 fully saturated rings. The van der Waals surface area contributed by atoms with Crippen LogP contribution in [0, 0.1) is 6.92 Å². The predicted molar refractivity (Wildman–Crippen MR) is 51.3 cm³/mol. The van der Waals surface area contributed by atoms with Crippen molar-refractivity contribution in [3.05, 3.63) is 23.7 Å². The molecular weight excluding hydrogens is 166 g/mol. The lowest BCUT2D eigenvalue weighted by molar-refractivity contribution is 0.116. The summed E-state index contributed by atoms with van der Waals surface area (Å²) in [5, 5.41) is 9.77. The number of aliphatic hydroxyl groups excluding tert-OH is 1. The molecule has 0 aromatic carbocycles. The normalized spacial score (nSPS) is 15.7. The molecule has 74 valence electrons. The summed E-state index contributed by atoms with van der Waals surface area (Å²) in [6, 6.07) is 1.60. The summed E-state index contributed by atoms with van der Waals surface area (Å²) in [5.41, 5.74) is 6.74. The van der Waals surface area contributed by atoms with Gasteiger partial charge in [-0.1, -0.05) is 13.3 Å². The molecule has 0 saturated heterocycles. The zero-order valence-corrected chi connectivity index (χ0v) is 8.16. The topological polar surface area (TPSA) is 59.4 Å². The maximum atomic E-state index is 9.77. The molecule has 0 radical (unpaired) electrons. The maximum absolute atomic E-state index is 9.77. The summed E-state index contributed by atoms with van der Waals surface area (Å²) in [5.74, 6) is 0.598. The van der Waals surface area contributed by atoms with Crippen molar-refractivity contribution in [2.24, 2.45) is 5.73 Å². The Kier molecular flexibility index (Phi) is 3.51. The van der Waals surface area contributed by atoms with Gasteiger partial charge in [0.05, 0.1) is 6.26 Å². The fourth-order valence-corrected chi connectivity index (χ4v) is 1.37. The highest BCUT2D eigenvalue weighted by Gasteiger charge is 2.20. The second-order valence-electron chi connectivity index (χ2n) is 3.37. The maximum Gasteiger partial charge on any atom is 0.136 e. The van der Waals surface area contributed by atoms with Crippen LogP contribution in [0.1, 0.15) is 37.2 Å². The Morgan fingerprint density at radius 1 is 1.62 bits per heavy atom. The zero-order chi connectivity index (χ0) is 9.84. The Hall–Kier alpha value is -0.800. The van der Waals surface area contributed by atoms with Crippen LogP contribution in [0.5, 0.6) is 0 Å². The van der Waals surface area contributed by atoms with E-state index in [0.29, 0.717) is 5.76 Å². The van der Waals surface area contributed by atoms with Gasteiger partial charge in [-0.2, -0.15) is 0 Å². The zero-order valence-electron chi connectivity index (χ0n) is 8.16. The third-order valence-corrected chi connectivity index (χ3v) is 2.20. The largest absolute Gasteiger partial charge is 0.466 e. The first-order valence-electron chi connectivity index (χ1n) is 4.64. The average Bonchev–Trinajstić information content (AvgIpc) is 2.50. The standard InChI is InChI=1S/C10H17NO2/c1-3-4-8(11)9(12)10-7(2)5-6-13-10/h5-6,8-9,12H,3-4,11H2,1-2H3. The van der Waals surface area contributed by atoms with Crippen molar-refractivity contribution in [3.8, 4) is 0 Å². The lowest BCUT2D eigenvalue weighted by Gasteiger charge is -2.16. The highest BCUT2D eigenvalue weighted by molar-refractivity contribution is 5.17. The summed E-state index contributed by atoms with van der Waals surface area (Å²) >= 11 is 0. The Labute approximate surface area is 78.5 Å². The third kappa shape index (κ3) is 2.32. The molecule has 0 aliphatic heterocycles. The monoisotopic (exact) mass is 183 g/mol. The van der Waals surface area contributed by atoms with Crippen LogP contribution in [0.4, 0.5) is 0 Å². The first kappa shape index (κ1) is 10.3. The predicted octanol–water partition coefficient (Wildman–Crippen LogP) is 1.75. The van der Waals surface area contributed by atoms with Gasteiger partial charge in [-0.3, -0.25) is 0 Å². The molecule has 0 spiro atoms. The van der Waals surface area contributed by atoms with Gasteiger partial charge in [0.15, 0.2) is 0 Å². The number of aryl methyl sites for hydroxylation is 1. The molecule has 0 aliphatic rings. The number of nitrogens with two attached hydrogens (primary N) is 1. The summed E-state index contributed by atoms with van der Waals surface area (Å²) in [4.78, 5) is 0. The molecule has 0 bridgehead atoms. The molecule has 1 aromatic heterocycles. The third-order valence-electron chi connectivity index (χ3n) is 2.20. The Morgan fingerprint density at radius 2 is 2.31 bits per heavy atom. The van der Waals surface area contributed by atoms with Crippen LogP contribution in [0.2, 0.25) is 0 Å². The fraction of sp³-hybridized carbons (Fsp3) is 0.600. The highest BCUT2D eigenvalue weighted by Crippen LogP contribution is 2.22. The van der Waals surface area contributed by atoms with E-state index in [0.717, 1.165) is 18.4 Å². The van der Waals surface area contributed by atoms with E-state index in [2.05, 4.69) is 0 Å². The molecule has 1 heterocycles. The number of hydrogen-bond acceptors (Lipinski definition) is 3. The van der Waals surface area contributed by atoms with E-state index >= 15 is 0 Å². The summed E-state index contributed by atoms with van der Waals surface area (Å²) in [6.07, 6.45) is 2.68. The van der Waals surface area contributed by atoms with E-state index in [1.165, 1.54) is 0 Å². The quantitative estimate of drug-likeness (QED) is 0.747. The van der Waals surface area contributed by atoms with E-state index in [-0.39, 0.29) is 6.04 Å². The number of rotatable bonds is 4.